The fraction of sp³-hybridized carbons (Fsp3) is 0.719. The molecule has 3 N–H and O–H groups in total. The van der Waals surface area contributed by atoms with E-state index in [1.54, 1.807) is 0 Å². The Morgan fingerprint density at radius 3 is 2.23 bits per heavy atom. The largest absolute Gasteiger partial charge is 0.482 e. The van der Waals surface area contributed by atoms with Crippen molar-refractivity contribution in [1.29, 1.82) is 0 Å². The van der Waals surface area contributed by atoms with E-state index >= 15 is 0 Å². The number of carbonyl (C=O) groups excluding carboxylic acids is 1. The van der Waals surface area contributed by atoms with Crippen molar-refractivity contribution < 1.29 is 39.2 Å². The van der Waals surface area contributed by atoms with Crippen LogP contribution in [0.3, 0.4) is 0 Å². The van der Waals surface area contributed by atoms with Gasteiger partial charge in [-0.15, -0.1) is 0 Å². The Labute approximate surface area is 236 Å². The Kier molecular flexibility index (Phi) is 8.20. The second-order valence-corrected chi connectivity index (χ2v) is 13.4. The maximum absolute atomic E-state index is 12.5. The summed E-state index contributed by atoms with van der Waals surface area (Å²) in [5, 5.41) is 29.0. The average molecular weight is 557 g/mol. The van der Waals surface area contributed by atoms with Crippen LogP contribution >= 0.6 is 0 Å². The molecule has 0 aromatic heterocycles. The quantitative estimate of drug-likeness (QED) is 0.361. The maximum Gasteiger partial charge on any atom is 0.341 e. The molecule has 0 spiro atoms. The molecule has 0 saturated heterocycles. The van der Waals surface area contributed by atoms with Crippen LogP contribution in [0.2, 0.25) is 0 Å². The molecular formula is C32H44O8. The number of rotatable bonds is 10. The molecule has 0 radical (unpaired) electrons. The molecule has 1 aromatic carbocycles. The number of carbonyl (C=O) groups is 3. The van der Waals surface area contributed by atoms with Gasteiger partial charge in [-0.1, -0.05) is 13.8 Å². The third-order valence-electron chi connectivity index (χ3n) is 11.3. The Bertz CT molecular complexity index is 1100. The first-order valence-electron chi connectivity index (χ1n) is 15.0. The number of Topliss-reactive ketones (excluding diaryl/α,β-unsaturated/α-hetero) is 1. The van der Waals surface area contributed by atoms with Crippen LogP contribution in [0, 0.1) is 40.4 Å². The second kappa shape index (κ2) is 11.3. The molecule has 40 heavy (non-hydrogen) atoms. The molecule has 8 heteroatoms. The van der Waals surface area contributed by atoms with Gasteiger partial charge in [-0.2, -0.15) is 0 Å². The number of ether oxygens (including phenoxy) is 2. The first-order valence-corrected chi connectivity index (χ1v) is 15.0. The molecule has 4 saturated carbocycles. The third-order valence-corrected chi connectivity index (χ3v) is 11.3. The number of benzene rings is 1. The number of aliphatic hydroxyl groups excluding tert-OH is 1. The van der Waals surface area contributed by atoms with E-state index in [-0.39, 0.29) is 16.9 Å². The molecule has 0 bridgehead atoms. The summed E-state index contributed by atoms with van der Waals surface area (Å²) in [6.07, 6.45) is 10.1. The van der Waals surface area contributed by atoms with Gasteiger partial charge in [0, 0.05) is 18.9 Å². The topological polar surface area (TPSA) is 130 Å². The molecule has 4 fully saturated rings. The minimum atomic E-state index is -1.09. The molecule has 220 valence electrons. The van der Waals surface area contributed by atoms with Gasteiger partial charge in [0.25, 0.3) is 0 Å². The van der Waals surface area contributed by atoms with Crippen molar-refractivity contribution in [1.82, 2.24) is 0 Å². The lowest BCUT2D eigenvalue weighted by molar-refractivity contribution is -0.156. The third kappa shape index (κ3) is 5.61. The predicted octanol–water partition coefficient (Wildman–Crippen LogP) is 5.13. The van der Waals surface area contributed by atoms with Gasteiger partial charge in [0.05, 0.1) is 6.10 Å². The molecule has 8 unspecified atom stereocenters. The summed E-state index contributed by atoms with van der Waals surface area (Å²) in [6.45, 7) is 3.78. The minimum Gasteiger partial charge on any atom is -0.482 e. The maximum atomic E-state index is 12.5. The average Bonchev–Trinajstić information content (AvgIpc) is 3.21. The number of aryl methyl sites for hydroxylation is 1. The van der Waals surface area contributed by atoms with Crippen molar-refractivity contribution in [2.45, 2.75) is 90.6 Å². The Morgan fingerprint density at radius 2 is 1.57 bits per heavy atom. The second-order valence-electron chi connectivity index (χ2n) is 13.4. The van der Waals surface area contributed by atoms with E-state index in [4.69, 9.17) is 19.7 Å². The standard InChI is InChI=1S/C32H44O8/c1-31-10-8-22(33)15-21(31)14-20(30-25-6-7-27(34)32(25,2)11-9-26(30)31)5-3-4-19-12-23(39-17-28(35)36)16-24(13-19)40-18-29(37)38/h12-13,16,20-21,25-27,30,34H,3-11,14-15,17-18H2,1-2H3,(H,35,36)(H,37,38). The summed E-state index contributed by atoms with van der Waals surface area (Å²) in [5.74, 6) is 1.52. The van der Waals surface area contributed by atoms with Gasteiger partial charge in [0.1, 0.15) is 17.3 Å². The molecule has 0 aliphatic heterocycles. The van der Waals surface area contributed by atoms with Crippen LogP contribution in [0.4, 0.5) is 0 Å². The number of carboxylic acid groups (broad SMARTS) is 2. The minimum absolute atomic E-state index is 0.0146. The van der Waals surface area contributed by atoms with Gasteiger partial charge in [-0.25, -0.2) is 9.59 Å². The lowest BCUT2D eigenvalue weighted by atomic mass is 9.42. The fourth-order valence-corrected chi connectivity index (χ4v) is 9.29. The Balaban J connectivity index is 1.34. The first-order chi connectivity index (χ1) is 19.0. The van der Waals surface area contributed by atoms with Crippen molar-refractivity contribution in [3.8, 4) is 11.5 Å². The van der Waals surface area contributed by atoms with E-state index in [9.17, 15) is 19.5 Å². The molecule has 4 aliphatic rings. The van der Waals surface area contributed by atoms with Crippen LogP contribution in [-0.2, 0) is 20.8 Å². The highest BCUT2D eigenvalue weighted by atomic mass is 16.5. The molecule has 0 heterocycles. The predicted molar refractivity (Wildman–Crippen MR) is 147 cm³/mol. The summed E-state index contributed by atoms with van der Waals surface area (Å²) >= 11 is 0. The zero-order chi connectivity index (χ0) is 28.7. The number of hydrogen-bond acceptors (Lipinski definition) is 6. The fourth-order valence-electron chi connectivity index (χ4n) is 9.29. The van der Waals surface area contributed by atoms with Crippen LogP contribution in [-0.4, -0.2) is 52.4 Å². The Hall–Kier alpha value is -2.61. The van der Waals surface area contributed by atoms with Crippen molar-refractivity contribution in [3.63, 3.8) is 0 Å². The van der Waals surface area contributed by atoms with E-state index in [2.05, 4.69) is 13.8 Å². The van der Waals surface area contributed by atoms with Gasteiger partial charge in [0.2, 0.25) is 0 Å². The van der Waals surface area contributed by atoms with E-state index in [1.807, 2.05) is 12.1 Å². The number of aliphatic carboxylic acids is 2. The van der Waals surface area contributed by atoms with E-state index < -0.39 is 25.2 Å². The van der Waals surface area contributed by atoms with E-state index in [1.165, 1.54) is 6.07 Å². The summed E-state index contributed by atoms with van der Waals surface area (Å²) in [7, 11) is 0. The van der Waals surface area contributed by atoms with Crippen molar-refractivity contribution >= 4 is 17.7 Å². The molecular weight excluding hydrogens is 512 g/mol. The van der Waals surface area contributed by atoms with Gasteiger partial charge >= 0.3 is 11.9 Å². The molecule has 8 nitrogen and oxygen atoms in total. The lowest BCUT2D eigenvalue weighted by Crippen LogP contribution is -2.57. The molecule has 5 rings (SSSR count). The summed E-state index contributed by atoms with van der Waals surface area (Å²) < 4.78 is 10.8. The van der Waals surface area contributed by atoms with E-state index in [0.717, 1.165) is 63.4 Å². The van der Waals surface area contributed by atoms with Crippen LogP contribution in [0.5, 0.6) is 11.5 Å². The summed E-state index contributed by atoms with van der Waals surface area (Å²) in [4.78, 5) is 34.6. The van der Waals surface area contributed by atoms with Crippen LogP contribution in [0.15, 0.2) is 18.2 Å². The number of hydrogen-bond donors (Lipinski definition) is 3. The molecule has 0 amide bonds. The van der Waals surface area contributed by atoms with Crippen LogP contribution in [0.25, 0.3) is 0 Å². The van der Waals surface area contributed by atoms with Crippen LogP contribution < -0.4 is 9.47 Å². The number of carboxylic acids is 2. The highest BCUT2D eigenvalue weighted by molar-refractivity contribution is 5.79. The first kappa shape index (κ1) is 28.9. The highest BCUT2D eigenvalue weighted by Crippen LogP contribution is 2.67. The van der Waals surface area contributed by atoms with Gasteiger partial charge in [0.15, 0.2) is 13.2 Å². The van der Waals surface area contributed by atoms with Crippen molar-refractivity contribution in [3.05, 3.63) is 23.8 Å². The normalized spacial score (nSPS) is 36.7. The highest BCUT2D eigenvalue weighted by Gasteiger charge is 2.62. The smallest absolute Gasteiger partial charge is 0.341 e. The lowest BCUT2D eigenvalue weighted by Gasteiger charge is -2.62. The molecule has 1 aromatic rings. The van der Waals surface area contributed by atoms with Gasteiger partial charge in [-0.3, -0.25) is 4.79 Å². The van der Waals surface area contributed by atoms with Gasteiger partial charge in [-0.05, 0) is 116 Å². The number of aliphatic hydroxyl groups is 1. The SMILES string of the molecule is CC12CCC3C(C(CCCc4cc(OCC(=O)O)cc(OCC(=O)O)c4)CC4CC(=O)CCC43C)C1CCC2O. The van der Waals surface area contributed by atoms with Crippen molar-refractivity contribution in [2.24, 2.45) is 40.4 Å². The van der Waals surface area contributed by atoms with Gasteiger partial charge < -0.3 is 24.8 Å². The zero-order valence-electron chi connectivity index (χ0n) is 23.8. The number of fused-ring (bicyclic) bond motifs is 5. The summed E-state index contributed by atoms with van der Waals surface area (Å²) in [5.41, 5.74) is 1.10. The van der Waals surface area contributed by atoms with Crippen molar-refractivity contribution in [2.75, 3.05) is 13.2 Å². The Morgan fingerprint density at radius 1 is 0.925 bits per heavy atom. The summed E-state index contributed by atoms with van der Waals surface area (Å²) in [6, 6.07) is 5.14. The number of ketones is 1. The molecule has 8 atom stereocenters. The monoisotopic (exact) mass is 556 g/mol. The zero-order valence-corrected chi connectivity index (χ0v) is 23.8. The van der Waals surface area contributed by atoms with Crippen LogP contribution in [0.1, 0.15) is 83.6 Å². The molecule has 4 aliphatic carbocycles. The van der Waals surface area contributed by atoms with E-state index in [0.29, 0.717) is 59.7 Å².